The molecule has 0 atom stereocenters. The molecule has 1 saturated heterocycles. The number of fused-ring (bicyclic) bond motifs is 1. The number of H-pyrrole nitrogens is 1. The van der Waals surface area contributed by atoms with Crippen molar-refractivity contribution in [3.05, 3.63) is 30.0 Å². The summed E-state index contributed by atoms with van der Waals surface area (Å²) in [6.45, 7) is 4.57. The number of ether oxygens (including phenoxy) is 2. The minimum absolute atomic E-state index is 0.161. The lowest BCUT2D eigenvalue weighted by Gasteiger charge is -2.35. The fourth-order valence-corrected chi connectivity index (χ4v) is 2.17. The lowest BCUT2D eigenvalue weighted by molar-refractivity contribution is -0.251. The second-order valence-electron chi connectivity index (χ2n) is 5.31. The number of aromatic amines is 1. The molecule has 0 spiro atoms. The molecule has 1 aliphatic rings. The highest BCUT2D eigenvalue weighted by atomic mass is 16.7. The Kier molecular flexibility index (Phi) is 3.19. The summed E-state index contributed by atoms with van der Waals surface area (Å²) in [7, 11) is 0. The van der Waals surface area contributed by atoms with Crippen LogP contribution in [-0.2, 0) is 9.47 Å². The van der Waals surface area contributed by atoms with Crippen LogP contribution < -0.4 is 5.32 Å². The van der Waals surface area contributed by atoms with Crippen LogP contribution in [0, 0.1) is 0 Å². The molecule has 1 aromatic carbocycles. The van der Waals surface area contributed by atoms with Gasteiger partial charge in [-0.15, -0.1) is 0 Å². The summed E-state index contributed by atoms with van der Waals surface area (Å²) in [5.41, 5.74) is 1.24. The number of amides is 1. The number of nitrogens with one attached hydrogen (secondary N) is 2. The molecule has 1 amide bonds. The van der Waals surface area contributed by atoms with E-state index in [2.05, 4.69) is 15.5 Å². The summed E-state index contributed by atoms with van der Waals surface area (Å²) in [5.74, 6) is -0.806. The van der Waals surface area contributed by atoms with Crippen LogP contribution in [0.25, 0.3) is 10.9 Å². The fourth-order valence-electron chi connectivity index (χ4n) is 2.17. The molecule has 2 heterocycles. The molecule has 0 saturated carbocycles. The van der Waals surface area contributed by atoms with Gasteiger partial charge in [-0.25, -0.2) is 0 Å². The van der Waals surface area contributed by atoms with Crippen molar-refractivity contribution in [2.75, 3.05) is 13.2 Å². The van der Waals surface area contributed by atoms with Gasteiger partial charge in [0.25, 0.3) is 5.91 Å². The van der Waals surface area contributed by atoms with Crippen LogP contribution in [0.3, 0.4) is 0 Å². The largest absolute Gasteiger partial charge is 0.348 e. The van der Waals surface area contributed by atoms with Gasteiger partial charge in [0, 0.05) is 5.39 Å². The summed E-state index contributed by atoms with van der Waals surface area (Å²) in [6.07, 6.45) is 0. The van der Waals surface area contributed by atoms with Gasteiger partial charge in [0.2, 0.25) is 0 Å². The number of hydrogen-bond donors (Lipinski definition) is 2. The molecule has 6 nitrogen and oxygen atoms in total. The molecule has 2 aromatic rings. The van der Waals surface area contributed by atoms with Crippen LogP contribution >= 0.6 is 0 Å². The van der Waals surface area contributed by atoms with Gasteiger partial charge in [0.1, 0.15) is 0 Å². The van der Waals surface area contributed by atoms with Crippen molar-refractivity contribution in [3.63, 3.8) is 0 Å². The van der Waals surface area contributed by atoms with E-state index in [1.54, 1.807) is 0 Å². The third-order valence-electron chi connectivity index (χ3n) is 3.28. The van der Waals surface area contributed by atoms with E-state index in [1.807, 2.05) is 38.1 Å². The molecule has 0 radical (unpaired) electrons. The predicted octanol–water partition coefficient (Wildman–Crippen LogP) is 1.44. The topological polar surface area (TPSA) is 76.2 Å². The Morgan fingerprint density at radius 1 is 1.35 bits per heavy atom. The third kappa shape index (κ3) is 2.52. The average molecular weight is 275 g/mol. The van der Waals surface area contributed by atoms with Crippen molar-refractivity contribution < 1.29 is 14.3 Å². The van der Waals surface area contributed by atoms with E-state index in [9.17, 15) is 4.79 Å². The highest BCUT2D eigenvalue weighted by Crippen LogP contribution is 2.18. The molecule has 6 heteroatoms. The van der Waals surface area contributed by atoms with Crippen LogP contribution in [0.2, 0.25) is 0 Å². The Hall–Kier alpha value is -1.92. The quantitative estimate of drug-likeness (QED) is 0.869. The first kappa shape index (κ1) is 13.1. The lowest BCUT2D eigenvalue weighted by atomic mass is 10.2. The number of para-hydroxylation sites is 1. The standard InChI is InChI=1S/C14H17N3O3/c1-14(2)19-7-9(8-20-14)15-13(18)12-10-5-3-4-6-11(10)16-17-12/h3-6,9H,7-8H2,1-2H3,(H,15,18)(H,16,17). The van der Waals surface area contributed by atoms with Crippen molar-refractivity contribution in [1.82, 2.24) is 15.5 Å². The molecule has 1 aliphatic heterocycles. The van der Waals surface area contributed by atoms with E-state index in [0.29, 0.717) is 18.9 Å². The molecule has 0 bridgehead atoms. The van der Waals surface area contributed by atoms with E-state index in [-0.39, 0.29) is 11.9 Å². The molecule has 1 fully saturated rings. The summed E-state index contributed by atoms with van der Waals surface area (Å²) in [5, 5.41) is 10.6. The first-order valence-corrected chi connectivity index (χ1v) is 6.57. The van der Waals surface area contributed by atoms with Crippen molar-refractivity contribution in [2.24, 2.45) is 0 Å². The van der Waals surface area contributed by atoms with Gasteiger partial charge in [0.05, 0.1) is 24.8 Å². The monoisotopic (exact) mass is 275 g/mol. The number of aromatic nitrogens is 2. The molecule has 20 heavy (non-hydrogen) atoms. The highest BCUT2D eigenvalue weighted by Gasteiger charge is 2.29. The maximum absolute atomic E-state index is 12.2. The van der Waals surface area contributed by atoms with E-state index >= 15 is 0 Å². The smallest absolute Gasteiger partial charge is 0.272 e. The first-order chi connectivity index (χ1) is 9.55. The summed E-state index contributed by atoms with van der Waals surface area (Å²) >= 11 is 0. The van der Waals surface area contributed by atoms with Crippen LogP contribution in [0.4, 0.5) is 0 Å². The van der Waals surface area contributed by atoms with Crippen LogP contribution in [0.1, 0.15) is 24.3 Å². The molecule has 1 aromatic heterocycles. The number of carbonyl (C=O) groups excluding carboxylic acids is 1. The van der Waals surface area contributed by atoms with Crippen molar-refractivity contribution in [1.29, 1.82) is 0 Å². The SMILES string of the molecule is CC1(C)OCC(NC(=O)c2n[nH]c3ccccc23)CO1. The molecule has 106 valence electrons. The van der Waals surface area contributed by atoms with Gasteiger partial charge >= 0.3 is 0 Å². The number of rotatable bonds is 2. The van der Waals surface area contributed by atoms with Gasteiger partial charge in [-0.3, -0.25) is 9.89 Å². The maximum Gasteiger partial charge on any atom is 0.272 e. The highest BCUT2D eigenvalue weighted by molar-refractivity contribution is 6.04. The van der Waals surface area contributed by atoms with Gasteiger partial charge in [-0.1, -0.05) is 18.2 Å². The number of benzene rings is 1. The molecule has 2 N–H and O–H groups in total. The van der Waals surface area contributed by atoms with Crippen molar-refractivity contribution in [3.8, 4) is 0 Å². The summed E-state index contributed by atoms with van der Waals surface area (Å²) in [6, 6.07) is 7.36. The molecule has 0 aliphatic carbocycles. The minimum Gasteiger partial charge on any atom is -0.348 e. The Morgan fingerprint density at radius 2 is 2.05 bits per heavy atom. The number of carbonyl (C=O) groups is 1. The Bertz CT molecular complexity index is 625. The second kappa shape index (κ2) is 4.88. The second-order valence-corrected chi connectivity index (χ2v) is 5.31. The van der Waals surface area contributed by atoms with E-state index in [0.717, 1.165) is 10.9 Å². The maximum atomic E-state index is 12.2. The first-order valence-electron chi connectivity index (χ1n) is 6.57. The van der Waals surface area contributed by atoms with E-state index in [4.69, 9.17) is 9.47 Å². The van der Waals surface area contributed by atoms with Gasteiger partial charge < -0.3 is 14.8 Å². The normalized spacial score (nSPS) is 19.1. The number of hydrogen-bond acceptors (Lipinski definition) is 4. The molecule has 0 unspecified atom stereocenters. The van der Waals surface area contributed by atoms with Gasteiger partial charge in [0.15, 0.2) is 11.5 Å². The number of nitrogens with zero attached hydrogens (tertiary/aromatic N) is 1. The summed E-state index contributed by atoms with van der Waals surface area (Å²) in [4.78, 5) is 12.2. The van der Waals surface area contributed by atoms with Crippen molar-refractivity contribution >= 4 is 16.8 Å². The Labute approximate surface area is 116 Å². The van der Waals surface area contributed by atoms with Crippen molar-refractivity contribution in [2.45, 2.75) is 25.7 Å². The van der Waals surface area contributed by atoms with Gasteiger partial charge in [-0.2, -0.15) is 5.10 Å². The minimum atomic E-state index is -0.583. The van der Waals surface area contributed by atoms with Crippen LogP contribution in [0.5, 0.6) is 0 Å². The third-order valence-corrected chi connectivity index (χ3v) is 3.28. The Morgan fingerprint density at radius 3 is 2.80 bits per heavy atom. The van der Waals surface area contributed by atoms with Gasteiger partial charge in [-0.05, 0) is 19.9 Å². The molecular formula is C14H17N3O3. The van der Waals surface area contributed by atoms with E-state index < -0.39 is 5.79 Å². The predicted molar refractivity (Wildman–Crippen MR) is 73.3 cm³/mol. The zero-order valence-corrected chi connectivity index (χ0v) is 11.5. The summed E-state index contributed by atoms with van der Waals surface area (Å²) < 4.78 is 11.0. The zero-order valence-electron chi connectivity index (χ0n) is 11.5. The van der Waals surface area contributed by atoms with Crippen LogP contribution in [-0.4, -0.2) is 41.1 Å². The zero-order chi connectivity index (χ0) is 14.2. The van der Waals surface area contributed by atoms with Crippen LogP contribution in [0.15, 0.2) is 24.3 Å². The average Bonchev–Trinajstić information content (AvgIpc) is 2.85. The van der Waals surface area contributed by atoms with E-state index in [1.165, 1.54) is 0 Å². The Balaban J connectivity index is 1.71. The fraction of sp³-hybridized carbons (Fsp3) is 0.429. The lowest BCUT2D eigenvalue weighted by Crippen LogP contribution is -2.50. The molecular weight excluding hydrogens is 258 g/mol. The molecule has 3 rings (SSSR count).